The van der Waals surface area contributed by atoms with Crippen LogP contribution in [0.15, 0.2) is 22.7 Å². The van der Waals surface area contributed by atoms with Gasteiger partial charge in [-0.1, -0.05) is 6.92 Å². The molecular weight excluding hydrogens is 358 g/mol. The number of methoxy groups -OCH3 is 1. The lowest BCUT2D eigenvalue weighted by molar-refractivity contribution is 0.0366. The van der Waals surface area contributed by atoms with Crippen molar-refractivity contribution in [3.8, 4) is 0 Å². The summed E-state index contributed by atoms with van der Waals surface area (Å²) in [5.74, 6) is 0.249. The van der Waals surface area contributed by atoms with Crippen molar-refractivity contribution in [2.75, 3.05) is 7.11 Å². The molecule has 1 N–H and O–H groups in total. The maximum atomic E-state index is 12.6. The predicted octanol–water partition coefficient (Wildman–Crippen LogP) is 4.52. The van der Waals surface area contributed by atoms with Gasteiger partial charge in [-0.05, 0) is 32.4 Å². The number of fused-ring (bicyclic) bond motifs is 5. The van der Waals surface area contributed by atoms with Crippen LogP contribution >= 0.6 is 0 Å². The van der Waals surface area contributed by atoms with Crippen molar-refractivity contribution in [2.24, 2.45) is 0 Å². The van der Waals surface area contributed by atoms with Gasteiger partial charge in [-0.25, -0.2) is 14.8 Å². The van der Waals surface area contributed by atoms with E-state index in [1.165, 1.54) is 0 Å². The molecule has 4 rings (SSSR count). The topological polar surface area (TPSA) is 90.2 Å². The SMILES string of the molecule is CCCc1nc2c(ccc3[nH]c4cnc(C(=O)OC(C)C)c(COC)c4c32)o1. The smallest absolute Gasteiger partial charge is 0.357 e. The Kier molecular flexibility index (Phi) is 4.77. The van der Waals surface area contributed by atoms with E-state index in [0.29, 0.717) is 11.5 Å². The largest absolute Gasteiger partial charge is 0.458 e. The van der Waals surface area contributed by atoms with Crippen LogP contribution in [0.4, 0.5) is 0 Å². The van der Waals surface area contributed by atoms with E-state index in [1.807, 2.05) is 26.0 Å². The van der Waals surface area contributed by atoms with Crippen LogP contribution in [-0.2, 0) is 22.5 Å². The molecule has 28 heavy (non-hydrogen) atoms. The third-order valence-electron chi connectivity index (χ3n) is 4.59. The molecule has 0 atom stereocenters. The number of oxazole rings is 1. The maximum Gasteiger partial charge on any atom is 0.357 e. The Morgan fingerprint density at radius 2 is 2.07 bits per heavy atom. The molecule has 0 aliphatic carbocycles. The zero-order valence-corrected chi connectivity index (χ0v) is 16.5. The molecule has 3 aromatic heterocycles. The van der Waals surface area contributed by atoms with Gasteiger partial charge in [-0.3, -0.25) is 0 Å². The van der Waals surface area contributed by atoms with Crippen LogP contribution in [0, 0.1) is 0 Å². The number of benzene rings is 1. The highest BCUT2D eigenvalue weighted by Crippen LogP contribution is 2.35. The average Bonchev–Trinajstić information content (AvgIpc) is 3.22. The van der Waals surface area contributed by atoms with Gasteiger partial charge in [0.2, 0.25) is 0 Å². The van der Waals surface area contributed by atoms with Crippen LogP contribution in [0.25, 0.3) is 32.9 Å². The van der Waals surface area contributed by atoms with Crippen LogP contribution < -0.4 is 0 Å². The van der Waals surface area contributed by atoms with Gasteiger partial charge in [0.1, 0.15) is 5.52 Å². The molecule has 1 aromatic carbocycles. The van der Waals surface area contributed by atoms with Gasteiger partial charge < -0.3 is 18.9 Å². The summed E-state index contributed by atoms with van der Waals surface area (Å²) in [6.45, 7) is 5.94. The van der Waals surface area contributed by atoms with E-state index in [9.17, 15) is 4.79 Å². The normalized spacial score (nSPS) is 11.9. The second-order valence-corrected chi connectivity index (χ2v) is 7.08. The van der Waals surface area contributed by atoms with E-state index in [-0.39, 0.29) is 18.4 Å². The van der Waals surface area contributed by atoms with E-state index in [1.54, 1.807) is 13.3 Å². The Balaban J connectivity index is 2.04. The molecule has 0 aliphatic heterocycles. The summed E-state index contributed by atoms with van der Waals surface area (Å²) in [4.78, 5) is 25.1. The van der Waals surface area contributed by atoms with Crippen molar-refractivity contribution in [2.45, 2.75) is 46.3 Å². The predicted molar refractivity (Wildman–Crippen MR) is 106 cm³/mol. The molecule has 0 unspecified atom stereocenters. The Bertz CT molecular complexity index is 1170. The number of hydrogen-bond donors (Lipinski definition) is 1. The third-order valence-corrected chi connectivity index (χ3v) is 4.59. The summed E-state index contributed by atoms with van der Waals surface area (Å²) < 4.78 is 16.7. The Morgan fingerprint density at radius 3 is 2.79 bits per heavy atom. The van der Waals surface area contributed by atoms with Crippen molar-refractivity contribution in [1.82, 2.24) is 15.0 Å². The van der Waals surface area contributed by atoms with Gasteiger partial charge in [0.15, 0.2) is 17.2 Å². The van der Waals surface area contributed by atoms with Gasteiger partial charge >= 0.3 is 5.97 Å². The highest BCUT2D eigenvalue weighted by Gasteiger charge is 2.23. The van der Waals surface area contributed by atoms with Crippen molar-refractivity contribution in [3.05, 3.63) is 35.5 Å². The van der Waals surface area contributed by atoms with Crippen molar-refractivity contribution < 1.29 is 18.7 Å². The molecule has 0 saturated carbocycles. The second-order valence-electron chi connectivity index (χ2n) is 7.08. The summed E-state index contributed by atoms with van der Waals surface area (Å²) >= 11 is 0. The number of H-pyrrole nitrogens is 1. The minimum atomic E-state index is -0.461. The van der Waals surface area contributed by atoms with Crippen LogP contribution in [0.5, 0.6) is 0 Å². The maximum absolute atomic E-state index is 12.6. The fourth-order valence-electron chi connectivity index (χ4n) is 3.53. The minimum Gasteiger partial charge on any atom is -0.458 e. The monoisotopic (exact) mass is 381 g/mol. The summed E-state index contributed by atoms with van der Waals surface area (Å²) in [6, 6.07) is 3.87. The zero-order chi connectivity index (χ0) is 19.8. The first-order chi connectivity index (χ1) is 13.5. The molecule has 0 fully saturated rings. The van der Waals surface area contributed by atoms with Gasteiger partial charge in [-0.15, -0.1) is 0 Å². The molecule has 7 nitrogen and oxygen atoms in total. The van der Waals surface area contributed by atoms with E-state index in [2.05, 4.69) is 16.9 Å². The first kappa shape index (κ1) is 18.4. The van der Waals surface area contributed by atoms with E-state index < -0.39 is 5.97 Å². The molecule has 0 saturated heterocycles. The molecule has 3 heterocycles. The van der Waals surface area contributed by atoms with Gasteiger partial charge in [0.05, 0.1) is 24.4 Å². The lowest BCUT2D eigenvalue weighted by Gasteiger charge is -2.11. The van der Waals surface area contributed by atoms with Gasteiger partial charge in [0.25, 0.3) is 0 Å². The first-order valence-corrected chi connectivity index (χ1v) is 9.45. The number of ether oxygens (including phenoxy) is 2. The summed E-state index contributed by atoms with van der Waals surface area (Å²) in [5.41, 5.74) is 4.17. The van der Waals surface area contributed by atoms with Gasteiger partial charge in [-0.2, -0.15) is 0 Å². The summed E-state index contributed by atoms with van der Waals surface area (Å²) in [7, 11) is 1.59. The highest BCUT2D eigenvalue weighted by molar-refractivity contribution is 6.20. The molecule has 7 heteroatoms. The highest BCUT2D eigenvalue weighted by atomic mass is 16.5. The molecule has 4 aromatic rings. The number of aromatic amines is 1. The van der Waals surface area contributed by atoms with E-state index in [4.69, 9.17) is 18.9 Å². The second kappa shape index (κ2) is 7.24. The van der Waals surface area contributed by atoms with E-state index >= 15 is 0 Å². The quantitative estimate of drug-likeness (QED) is 0.494. The third kappa shape index (κ3) is 3.01. The van der Waals surface area contributed by atoms with Crippen molar-refractivity contribution >= 4 is 38.9 Å². The van der Waals surface area contributed by atoms with Crippen LogP contribution in [0.3, 0.4) is 0 Å². The number of nitrogens with zero attached hydrogens (tertiary/aromatic N) is 2. The molecular formula is C21H23N3O4. The summed E-state index contributed by atoms with van der Waals surface area (Å²) in [5, 5.41) is 1.77. The minimum absolute atomic E-state index is 0.232. The van der Waals surface area contributed by atoms with Crippen LogP contribution in [0.1, 0.15) is 49.1 Å². The van der Waals surface area contributed by atoms with Crippen LogP contribution in [-0.4, -0.2) is 34.1 Å². The van der Waals surface area contributed by atoms with E-state index in [0.717, 1.165) is 45.7 Å². The zero-order valence-electron chi connectivity index (χ0n) is 16.5. The lowest BCUT2D eigenvalue weighted by Crippen LogP contribution is -2.15. The molecule has 146 valence electrons. The van der Waals surface area contributed by atoms with Crippen molar-refractivity contribution in [3.63, 3.8) is 0 Å². The van der Waals surface area contributed by atoms with Crippen LogP contribution in [0.2, 0.25) is 0 Å². The first-order valence-electron chi connectivity index (χ1n) is 9.45. The number of carbonyl (C=O) groups is 1. The Labute approximate surface area is 162 Å². The molecule has 0 spiro atoms. The number of aromatic nitrogens is 3. The number of aryl methyl sites for hydroxylation is 1. The number of nitrogens with one attached hydrogen (secondary N) is 1. The number of carbonyl (C=O) groups excluding carboxylic acids is 1. The summed E-state index contributed by atoms with van der Waals surface area (Å²) in [6.07, 6.45) is 3.15. The lowest BCUT2D eigenvalue weighted by atomic mass is 10.0. The average molecular weight is 381 g/mol. The van der Waals surface area contributed by atoms with Crippen molar-refractivity contribution in [1.29, 1.82) is 0 Å². The molecule has 0 aliphatic rings. The number of pyridine rings is 1. The van der Waals surface area contributed by atoms with Gasteiger partial charge in [0, 0.05) is 35.4 Å². The number of rotatable bonds is 6. The molecule has 0 radical (unpaired) electrons. The fourth-order valence-corrected chi connectivity index (χ4v) is 3.53. The molecule has 0 bridgehead atoms. The molecule has 0 amide bonds. The standard InChI is InChI=1S/C21H23N3O4/c1-5-6-16-24-20-15(28-16)8-7-13-18(20)17-12(10-26-4)19(21(25)27-11(2)3)22-9-14(17)23-13/h7-9,11,23H,5-6,10H2,1-4H3. The Morgan fingerprint density at radius 1 is 1.25 bits per heavy atom. The number of esters is 1. The fraction of sp³-hybridized carbons (Fsp3) is 0.381. The Hall–Kier alpha value is -2.93. The number of hydrogen-bond acceptors (Lipinski definition) is 6.